The summed E-state index contributed by atoms with van der Waals surface area (Å²) in [6.07, 6.45) is 1.95. The molecule has 14 heavy (non-hydrogen) atoms. The summed E-state index contributed by atoms with van der Waals surface area (Å²) in [5, 5.41) is 2.58. The highest BCUT2D eigenvalue weighted by molar-refractivity contribution is 5.85. The van der Waals surface area contributed by atoms with Crippen LogP contribution in [-0.4, -0.2) is 25.0 Å². The predicted molar refractivity (Wildman–Crippen MR) is 53.6 cm³/mol. The summed E-state index contributed by atoms with van der Waals surface area (Å²) in [4.78, 5) is 22.5. The second-order valence-corrected chi connectivity index (χ2v) is 3.26. The molecule has 0 aliphatic carbocycles. The molecule has 0 aliphatic rings. The summed E-state index contributed by atoms with van der Waals surface area (Å²) in [7, 11) is 1.29. The van der Waals surface area contributed by atoms with Gasteiger partial charge in [0.2, 0.25) is 5.91 Å². The second-order valence-electron chi connectivity index (χ2n) is 3.26. The van der Waals surface area contributed by atoms with Gasteiger partial charge in [0, 0.05) is 5.92 Å². The zero-order valence-electron chi connectivity index (χ0n) is 8.87. The van der Waals surface area contributed by atoms with E-state index in [9.17, 15) is 9.59 Å². The monoisotopic (exact) mass is 199 g/mol. The number of hydrogen-bond acceptors (Lipinski definition) is 3. The van der Waals surface area contributed by atoms with Crippen LogP contribution in [0, 0.1) is 5.92 Å². The van der Waals surface area contributed by atoms with Crippen molar-refractivity contribution >= 4 is 11.9 Å². The van der Waals surface area contributed by atoms with E-state index in [1.807, 2.05) is 0 Å². The molecule has 0 fully saturated rings. The number of esters is 1. The topological polar surface area (TPSA) is 55.4 Å². The lowest BCUT2D eigenvalue weighted by atomic mass is 10.1. The van der Waals surface area contributed by atoms with Gasteiger partial charge in [-0.05, 0) is 6.42 Å². The molecule has 0 spiro atoms. The lowest BCUT2D eigenvalue weighted by Crippen LogP contribution is -2.42. The first kappa shape index (κ1) is 12.7. The van der Waals surface area contributed by atoms with Crippen molar-refractivity contribution in [3.05, 3.63) is 12.7 Å². The summed E-state index contributed by atoms with van der Waals surface area (Å²) in [6, 6.07) is -0.618. The van der Waals surface area contributed by atoms with E-state index in [1.54, 1.807) is 19.9 Å². The number of carbonyl (C=O) groups is 2. The maximum absolute atomic E-state index is 11.3. The molecule has 0 saturated carbocycles. The van der Waals surface area contributed by atoms with E-state index in [1.165, 1.54) is 7.11 Å². The Morgan fingerprint density at radius 3 is 2.43 bits per heavy atom. The van der Waals surface area contributed by atoms with Gasteiger partial charge >= 0.3 is 5.97 Å². The fourth-order valence-corrected chi connectivity index (χ4v) is 0.861. The average Bonchev–Trinajstić information content (AvgIpc) is 2.15. The first-order valence-corrected chi connectivity index (χ1v) is 4.52. The molecule has 0 aromatic carbocycles. The molecule has 0 aliphatic heterocycles. The van der Waals surface area contributed by atoms with Gasteiger partial charge in [0.15, 0.2) is 0 Å². The molecule has 0 saturated heterocycles. The number of ether oxygens (including phenoxy) is 1. The Labute approximate surface area is 84.3 Å². The van der Waals surface area contributed by atoms with E-state index in [0.29, 0.717) is 6.42 Å². The zero-order valence-corrected chi connectivity index (χ0v) is 8.87. The highest BCUT2D eigenvalue weighted by atomic mass is 16.5. The minimum Gasteiger partial charge on any atom is -0.467 e. The number of methoxy groups -OCH3 is 1. The first-order valence-electron chi connectivity index (χ1n) is 4.52. The predicted octanol–water partition coefficient (Wildman–Crippen LogP) is 0.876. The number of amides is 1. The summed E-state index contributed by atoms with van der Waals surface area (Å²) in [5.74, 6) is -0.756. The van der Waals surface area contributed by atoms with Crippen LogP contribution in [0.1, 0.15) is 20.3 Å². The Kier molecular flexibility index (Phi) is 5.60. The van der Waals surface area contributed by atoms with Gasteiger partial charge in [0.05, 0.1) is 7.11 Å². The van der Waals surface area contributed by atoms with E-state index in [4.69, 9.17) is 0 Å². The van der Waals surface area contributed by atoms with Crippen LogP contribution in [0.3, 0.4) is 0 Å². The Bertz CT molecular complexity index is 223. The van der Waals surface area contributed by atoms with E-state index in [-0.39, 0.29) is 11.8 Å². The SMILES string of the molecule is C=CC[C@@H](NC(=O)C(C)C)C(=O)OC. The molecule has 80 valence electrons. The van der Waals surface area contributed by atoms with Gasteiger partial charge < -0.3 is 10.1 Å². The smallest absolute Gasteiger partial charge is 0.328 e. The van der Waals surface area contributed by atoms with E-state index >= 15 is 0 Å². The minimum atomic E-state index is -0.618. The Balaban J connectivity index is 4.29. The average molecular weight is 199 g/mol. The summed E-state index contributed by atoms with van der Waals surface area (Å²) in [5.41, 5.74) is 0. The van der Waals surface area contributed by atoms with Gasteiger partial charge in [0.25, 0.3) is 0 Å². The van der Waals surface area contributed by atoms with Crippen molar-refractivity contribution in [1.82, 2.24) is 5.32 Å². The minimum absolute atomic E-state index is 0.146. The highest BCUT2D eigenvalue weighted by Gasteiger charge is 2.20. The van der Waals surface area contributed by atoms with Gasteiger partial charge in [-0.15, -0.1) is 6.58 Å². The molecule has 0 bridgehead atoms. The third-order valence-electron chi connectivity index (χ3n) is 1.73. The van der Waals surface area contributed by atoms with Crippen LogP contribution >= 0.6 is 0 Å². The summed E-state index contributed by atoms with van der Waals surface area (Å²) in [6.45, 7) is 7.03. The van der Waals surface area contributed by atoms with Crippen molar-refractivity contribution in [1.29, 1.82) is 0 Å². The Hall–Kier alpha value is -1.32. The summed E-state index contributed by atoms with van der Waals surface area (Å²) >= 11 is 0. The van der Waals surface area contributed by atoms with Crippen LogP contribution in [0.25, 0.3) is 0 Å². The fourth-order valence-electron chi connectivity index (χ4n) is 0.861. The van der Waals surface area contributed by atoms with Crippen LogP contribution in [0.5, 0.6) is 0 Å². The Morgan fingerprint density at radius 1 is 1.50 bits per heavy atom. The summed E-state index contributed by atoms with van der Waals surface area (Å²) < 4.78 is 4.54. The van der Waals surface area contributed by atoms with Gasteiger partial charge in [-0.2, -0.15) is 0 Å². The van der Waals surface area contributed by atoms with Crippen molar-refractivity contribution in [2.45, 2.75) is 26.3 Å². The molecule has 0 aromatic rings. The van der Waals surface area contributed by atoms with Crippen molar-refractivity contribution in [2.75, 3.05) is 7.11 Å². The third-order valence-corrected chi connectivity index (χ3v) is 1.73. The zero-order chi connectivity index (χ0) is 11.1. The standard InChI is InChI=1S/C10H17NO3/c1-5-6-8(10(13)14-4)11-9(12)7(2)3/h5,7-8H,1,6H2,2-4H3,(H,11,12)/t8-/m1/s1. The van der Waals surface area contributed by atoms with Gasteiger partial charge in [-0.3, -0.25) is 4.79 Å². The van der Waals surface area contributed by atoms with Gasteiger partial charge in [-0.1, -0.05) is 19.9 Å². The molecule has 0 heterocycles. The molecule has 4 heteroatoms. The first-order chi connectivity index (χ1) is 6.52. The van der Waals surface area contributed by atoms with Gasteiger partial charge in [-0.25, -0.2) is 4.79 Å². The lowest BCUT2D eigenvalue weighted by Gasteiger charge is -2.15. The quantitative estimate of drug-likeness (QED) is 0.528. The molecule has 0 radical (unpaired) electrons. The van der Waals surface area contributed by atoms with Crippen molar-refractivity contribution in [3.8, 4) is 0 Å². The maximum atomic E-state index is 11.3. The third kappa shape index (κ3) is 4.07. The molecule has 1 atom stereocenters. The number of carbonyl (C=O) groups excluding carboxylic acids is 2. The van der Waals surface area contributed by atoms with E-state index in [0.717, 1.165) is 0 Å². The fraction of sp³-hybridized carbons (Fsp3) is 0.600. The largest absolute Gasteiger partial charge is 0.467 e. The second kappa shape index (κ2) is 6.18. The molecule has 1 amide bonds. The van der Waals surface area contributed by atoms with Crippen LogP contribution in [0.15, 0.2) is 12.7 Å². The molecule has 0 aromatic heterocycles. The van der Waals surface area contributed by atoms with Crippen LogP contribution in [0.2, 0.25) is 0 Å². The molecular formula is C10H17NO3. The van der Waals surface area contributed by atoms with Crippen molar-refractivity contribution in [3.63, 3.8) is 0 Å². The number of hydrogen-bond donors (Lipinski definition) is 1. The molecule has 1 N–H and O–H groups in total. The Morgan fingerprint density at radius 2 is 2.07 bits per heavy atom. The number of nitrogens with one attached hydrogen (secondary N) is 1. The molecule has 0 unspecified atom stereocenters. The maximum Gasteiger partial charge on any atom is 0.328 e. The molecule has 4 nitrogen and oxygen atoms in total. The highest BCUT2D eigenvalue weighted by Crippen LogP contribution is 1.99. The van der Waals surface area contributed by atoms with Crippen molar-refractivity contribution in [2.24, 2.45) is 5.92 Å². The van der Waals surface area contributed by atoms with Crippen molar-refractivity contribution < 1.29 is 14.3 Å². The lowest BCUT2D eigenvalue weighted by molar-refractivity contribution is -0.145. The van der Waals surface area contributed by atoms with E-state index < -0.39 is 12.0 Å². The number of rotatable bonds is 5. The van der Waals surface area contributed by atoms with Crippen LogP contribution < -0.4 is 5.32 Å². The van der Waals surface area contributed by atoms with E-state index in [2.05, 4.69) is 16.6 Å². The van der Waals surface area contributed by atoms with Gasteiger partial charge in [0.1, 0.15) is 6.04 Å². The molecular weight excluding hydrogens is 182 g/mol. The molecule has 0 rings (SSSR count). The van der Waals surface area contributed by atoms with Crippen LogP contribution in [0.4, 0.5) is 0 Å². The van der Waals surface area contributed by atoms with Crippen LogP contribution in [-0.2, 0) is 14.3 Å². The normalized spacial score (nSPS) is 12.0.